The number of carbonyl (C=O) groups excluding carboxylic acids is 1. The third kappa shape index (κ3) is 3.48. The Morgan fingerprint density at radius 2 is 2.07 bits per heavy atom. The number of nitrogens with zero attached hydrogens (tertiary/aromatic N) is 5. The summed E-state index contributed by atoms with van der Waals surface area (Å²) >= 11 is 0. The molecule has 1 aliphatic heterocycles. The molecule has 0 N–H and O–H groups in total. The van der Waals surface area contributed by atoms with Crippen molar-refractivity contribution in [1.29, 1.82) is 0 Å². The number of hydrogen-bond donors (Lipinski definition) is 0. The van der Waals surface area contributed by atoms with Crippen molar-refractivity contribution in [2.24, 2.45) is 7.05 Å². The number of amides is 1. The van der Waals surface area contributed by atoms with Crippen molar-refractivity contribution in [2.75, 3.05) is 6.54 Å². The maximum atomic E-state index is 13.1. The van der Waals surface area contributed by atoms with E-state index in [2.05, 4.69) is 22.2 Å². The predicted molar refractivity (Wildman–Crippen MR) is 107 cm³/mol. The molecule has 2 aliphatic rings. The largest absolute Gasteiger partial charge is 0.336 e. The lowest BCUT2D eigenvalue weighted by Crippen LogP contribution is -2.41. The van der Waals surface area contributed by atoms with Crippen molar-refractivity contribution in [2.45, 2.75) is 37.8 Å². The van der Waals surface area contributed by atoms with Crippen LogP contribution in [0.3, 0.4) is 0 Å². The smallest absolute Gasteiger partial charge is 0.254 e. The average Bonchev–Trinajstić information content (AvgIpc) is 3.49. The van der Waals surface area contributed by atoms with Crippen molar-refractivity contribution in [3.8, 4) is 0 Å². The molecule has 7 heteroatoms. The first-order valence-corrected chi connectivity index (χ1v) is 9.99. The summed E-state index contributed by atoms with van der Waals surface area (Å²) in [4.78, 5) is 31.7. The fourth-order valence-electron chi connectivity index (χ4n) is 4.11. The van der Waals surface area contributed by atoms with Crippen molar-refractivity contribution in [1.82, 2.24) is 24.2 Å². The quantitative estimate of drug-likeness (QED) is 0.684. The van der Waals surface area contributed by atoms with Gasteiger partial charge in [0.25, 0.3) is 5.56 Å². The highest BCUT2D eigenvalue weighted by molar-refractivity contribution is 5.76. The minimum atomic E-state index is -0.156. The second kappa shape index (κ2) is 6.99. The third-order valence-electron chi connectivity index (χ3n) is 5.88. The van der Waals surface area contributed by atoms with E-state index >= 15 is 0 Å². The normalized spacial score (nSPS) is 18.5. The molecule has 3 aromatic rings. The highest BCUT2D eigenvalue weighted by Crippen LogP contribution is 2.38. The van der Waals surface area contributed by atoms with E-state index in [1.165, 1.54) is 16.5 Å². The molecule has 1 fully saturated rings. The molecule has 3 heterocycles. The van der Waals surface area contributed by atoms with Gasteiger partial charge in [-0.05, 0) is 29.5 Å². The summed E-state index contributed by atoms with van der Waals surface area (Å²) in [6.07, 6.45) is 7.57. The summed E-state index contributed by atoms with van der Waals surface area (Å²) in [6.45, 7) is 1.14. The highest BCUT2D eigenvalue weighted by Gasteiger charge is 2.30. The Morgan fingerprint density at radius 3 is 2.79 bits per heavy atom. The van der Waals surface area contributed by atoms with Gasteiger partial charge in [-0.3, -0.25) is 18.8 Å². The Hall–Kier alpha value is -3.22. The van der Waals surface area contributed by atoms with Crippen LogP contribution in [0.5, 0.6) is 0 Å². The standard InChI is InChI=1S/C22H23N5O2/c1-25-10-17(9-24-25)19-12-26(11-16-4-2-3-5-18(16)19)22(29)13-27-14-23-20(8-21(27)28)15-6-7-15/h2-5,8-10,14-15,19H,6-7,11-13H2,1H3/t19-/m1/s1. The molecule has 0 radical (unpaired) electrons. The number of rotatable bonds is 4. The Morgan fingerprint density at radius 1 is 1.24 bits per heavy atom. The topological polar surface area (TPSA) is 73.0 Å². The van der Waals surface area contributed by atoms with Crippen LogP contribution in [0.15, 0.2) is 53.8 Å². The van der Waals surface area contributed by atoms with Gasteiger partial charge < -0.3 is 4.90 Å². The van der Waals surface area contributed by atoms with E-state index in [0.717, 1.165) is 29.7 Å². The lowest BCUT2D eigenvalue weighted by atomic mass is 9.86. The molecule has 1 saturated carbocycles. The minimum Gasteiger partial charge on any atom is -0.336 e. The molecule has 1 amide bonds. The van der Waals surface area contributed by atoms with Crippen molar-refractivity contribution in [3.05, 3.63) is 81.8 Å². The molecule has 2 aromatic heterocycles. The molecule has 148 valence electrons. The Labute approximate surface area is 168 Å². The van der Waals surface area contributed by atoms with E-state index in [4.69, 9.17) is 0 Å². The van der Waals surface area contributed by atoms with Crippen LogP contribution in [-0.2, 0) is 24.9 Å². The van der Waals surface area contributed by atoms with E-state index in [9.17, 15) is 9.59 Å². The van der Waals surface area contributed by atoms with E-state index in [0.29, 0.717) is 19.0 Å². The first-order chi connectivity index (χ1) is 14.1. The van der Waals surface area contributed by atoms with E-state index < -0.39 is 0 Å². The molecule has 0 unspecified atom stereocenters. The molecule has 0 saturated heterocycles. The molecule has 0 spiro atoms. The summed E-state index contributed by atoms with van der Waals surface area (Å²) in [6, 6.07) is 9.80. The molecular formula is C22H23N5O2. The van der Waals surface area contributed by atoms with Gasteiger partial charge in [0.15, 0.2) is 0 Å². The summed E-state index contributed by atoms with van der Waals surface area (Å²) in [5, 5.41) is 4.30. The van der Waals surface area contributed by atoms with Gasteiger partial charge in [-0.1, -0.05) is 24.3 Å². The van der Waals surface area contributed by atoms with Crippen LogP contribution >= 0.6 is 0 Å². The van der Waals surface area contributed by atoms with Gasteiger partial charge >= 0.3 is 0 Å². The van der Waals surface area contributed by atoms with Crippen LogP contribution in [-0.4, -0.2) is 36.7 Å². The highest BCUT2D eigenvalue weighted by atomic mass is 16.2. The Bertz CT molecular complexity index is 1130. The molecular weight excluding hydrogens is 366 g/mol. The van der Waals surface area contributed by atoms with E-state index in [1.54, 1.807) is 10.7 Å². The zero-order chi connectivity index (χ0) is 20.0. The first kappa shape index (κ1) is 17.8. The number of hydrogen-bond acceptors (Lipinski definition) is 4. The van der Waals surface area contributed by atoms with Crippen LogP contribution in [0.4, 0.5) is 0 Å². The zero-order valence-electron chi connectivity index (χ0n) is 16.4. The third-order valence-corrected chi connectivity index (χ3v) is 5.88. The summed E-state index contributed by atoms with van der Waals surface area (Å²) < 4.78 is 3.19. The van der Waals surface area contributed by atoms with Gasteiger partial charge in [0.1, 0.15) is 6.54 Å². The monoisotopic (exact) mass is 389 g/mol. The Kier molecular flexibility index (Phi) is 4.30. The molecule has 1 atom stereocenters. The maximum Gasteiger partial charge on any atom is 0.254 e. The Balaban J connectivity index is 1.39. The zero-order valence-corrected chi connectivity index (χ0v) is 16.4. The van der Waals surface area contributed by atoms with E-state index in [1.807, 2.05) is 36.5 Å². The summed E-state index contributed by atoms with van der Waals surface area (Å²) in [5.74, 6) is 0.424. The maximum absolute atomic E-state index is 13.1. The van der Waals surface area contributed by atoms with Gasteiger partial charge in [0, 0.05) is 44.2 Å². The van der Waals surface area contributed by atoms with Crippen LogP contribution < -0.4 is 5.56 Å². The van der Waals surface area contributed by atoms with Crippen molar-refractivity contribution < 1.29 is 4.79 Å². The SMILES string of the molecule is Cn1cc([C@H]2CN(C(=O)Cn3cnc(C4CC4)cc3=O)Cc3ccccc32)cn1. The summed E-state index contributed by atoms with van der Waals surface area (Å²) in [5.41, 5.74) is 4.15. The van der Waals surface area contributed by atoms with Crippen LogP contribution in [0.2, 0.25) is 0 Å². The van der Waals surface area contributed by atoms with Crippen molar-refractivity contribution in [3.63, 3.8) is 0 Å². The molecule has 1 aliphatic carbocycles. The van der Waals surface area contributed by atoms with Gasteiger partial charge in [-0.25, -0.2) is 4.98 Å². The number of aromatic nitrogens is 4. The minimum absolute atomic E-state index is 0.0126. The molecule has 7 nitrogen and oxygen atoms in total. The van der Waals surface area contributed by atoms with E-state index in [-0.39, 0.29) is 23.9 Å². The molecule has 1 aromatic carbocycles. The summed E-state index contributed by atoms with van der Waals surface area (Å²) in [7, 11) is 1.89. The van der Waals surface area contributed by atoms with Crippen molar-refractivity contribution >= 4 is 5.91 Å². The van der Waals surface area contributed by atoms with Crippen LogP contribution in [0, 0.1) is 0 Å². The van der Waals surface area contributed by atoms with Crippen LogP contribution in [0.1, 0.15) is 47.1 Å². The number of benzene rings is 1. The predicted octanol–water partition coefficient (Wildman–Crippen LogP) is 2.03. The van der Waals surface area contributed by atoms with Gasteiger partial charge in [0.2, 0.25) is 5.91 Å². The van der Waals surface area contributed by atoms with Gasteiger partial charge in [0.05, 0.1) is 18.2 Å². The molecule has 0 bridgehead atoms. The second-order valence-electron chi connectivity index (χ2n) is 8.03. The average molecular weight is 389 g/mol. The lowest BCUT2D eigenvalue weighted by Gasteiger charge is -2.34. The molecule has 5 rings (SSSR count). The second-order valence-corrected chi connectivity index (χ2v) is 8.03. The fraction of sp³-hybridized carbons (Fsp3) is 0.364. The van der Waals surface area contributed by atoms with Gasteiger partial charge in [-0.2, -0.15) is 5.10 Å². The molecule has 29 heavy (non-hydrogen) atoms. The lowest BCUT2D eigenvalue weighted by molar-refractivity contribution is -0.133. The number of aryl methyl sites for hydroxylation is 1. The van der Waals surface area contributed by atoms with Crippen LogP contribution in [0.25, 0.3) is 0 Å². The van der Waals surface area contributed by atoms with Gasteiger partial charge in [-0.15, -0.1) is 0 Å². The number of carbonyl (C=O) groups is 1. The number of fused-ring (bicyclic) bond motifs is 1. The fourth-order valence-corrected chi connectivity index (χ4v) is 4.11. The first-order valence-electron chi connectivity index (χ1n) is 9.99.